The second-order valence-corrected chi connectivity index (χ2v) is 2.66. The zero-order valence-electron chi connectivity index (χ0n) is 7.42. The van der Waals surface area contributed by atoms with Gasteiger partial charge in [-0.1, -0.05) is 19.8 Å². The zero-order valence-corrected chi connectivity index (χ0v) is 7.42. The monoisotopic (exact) mass is 157 g/mol. The molecule has 0 aliphatic heterocycles. The summed E-state index contributed by atoms with van der Waals surface area (Å²) in [5.74, 6) is 0. The molecule has 0 aromatic carbocycles. The van der Waals surface area contributed by atoms with Crippen molar-refractivity contribution >= 4 is 6.21 Å². The van der Waals surface area contributed by atoms with Gasteiger partial charge in [0, 0.05) is 13.2 Å². The van der Waals surface area contributed by atoms with Crippen molar-refractivity contribution in [1.29, 1.82) is 0 Å². The smallest absolute Gasteiger partial charge is 0.0448 e. The Hall–Kier alpha value is -0.370. The second kappa shape index (κ2) is 9.63. The van der Waals surface area contributed by atoms with Crippen LogP contribution in [0.3, 0.4) is 0 Å². The summed E-state index contributed by atoms with van der Waals surface area (Å²) in [4.78, 5) is 4.15. The predicted molar refractivity (Wildman–Crippen MR) is 49.2 cm³/mol. The van der Waals surface area contributed by atoms with Gasteiger partial charge in [0.1, 0.15) is 0 Å². The van der Waals surface area contributed by atoms with Crippen LogP contribution in [0, 0.1) is 0 Å². The number of unbranched alkanes of at least 4 members (excludes halogenated alkanes) is 3. The number of rotatable bonds is 7. The maximum Gasteiger partial charge on any atom is 0.0448 e. The molecule has 0 saturated heterocycles. The minimum atomic E-state index is 0.256. The Labute approximate surface area is 69.3 Å². The number of hydrogen-bond acceptors (Lipinski definition) is 2. The van der Waals surface area contributed by atoms with Crippen LogP contribution in [0.5, 0.6) is 0 Å². The maximum absolute atomic E-state index is 8.43. The van der Waals surface area contributed by atoms with Gasteiger partial charge in [-0.25, -0.2) is 0 Å². The van der Waals surface area contributed by atoms with Crippen LogP contribution in [0.1, 0.15) is 39.0 Å². The van der Waals surface area contributed by atoms with Crippen molar-refractivity contribution in [2.24, 2.45) is 4.99 Å². The molecule has 0 aromatic heterocycles. The van der Waals surface area contributed by atoms with E-state index >= 15 is 0 Å². The van der Waals surface area contributed by atoms with Gasteiger partial charge >= 0.3 is 0 Å². The van der Waals surface area contributed by atoms with Crippen molar-refractivity contribution in [3.05, 3.63) is 0 Å². The number of aliphatic imine (C=N–C) groups is 1. The lowest BCUT2D eigenvalue weighted by molar-refractivity contribution is 0.291. The van der Waals surface area contributed by atoms with Crippen LogP contribution in [-0.4, -0.2) is 24.5 Å². The topological polar surface area (TPSA) is 32.6 Å². The van der Waals surface area contributed by atoms with Crippen molar-refractivity contribution in [2.75, 3.05) is 13.2 Å². The van der Waals surface area contributed by atoms with Crippen molar-refractivity contribution in [3.8, 4) is 0 Å². The molecule has 0 fully saturated rings. The lowest BCUT2D eigenvalue weighted by Crippen LogP contribution is -1.87. The van der Waals surface area contributed by atoms with Gasteiger partial charge in [-0.2, -0.15) is 0 Å². The standard InChI is InChI=1S/C9H19NO/c1-2-3-4-5-7-10-8-6-9-11/h7,11H,2-6,8-9H2,1H3/b10-7+. The lowest BCUT2D eigenvalue weighted by Gasteiger charge is -1.91. The molecular weight excluding hydrogens is 138 g/mol. The lowest BCUT2D eigenvalue weighted by atomic mass is 10.2. The van der Waals surface area contributed by atoms with E-state index in [1.807, 2.05) is 6.21 Å². The Morgan fingerprint density at radius 2 is 2.09 bits per heavy atom. The largest absolute Gasteiger partial charge is 0.396 e. The van der Waals surface area contributed by atoms with Crippen molar-refractivity contribution in [2.45, 2.75) is 39.0 Å². The molecule has 0 heterocycles. The first-order valence-corrected chi connectivity index (χ1v) is 4.51. The van der Waals surface area contributed by atoms with Crippen molar-refractivity contribution < 1.29 is 5.11 Å². The summed E-state index contributed by atoms with van der Waals surface area (Å²) < 4.78 is 0. The number of aliphatic hydroxyl groups is 1. The van der Waals surface area contributed by atoms with Crippen LogP contribution in [0.25, 0.3) is 0 Å². The summed E-state index contributed by atoms with van der Waals surface area (Å²) in [7, 11) is 0. The fourth-order valence-electron chi connectivity index (χ4n) is 0.830. The molecule has 11 heavy (non-hydrogen) atoms. The van der Waals surface area contributed by atoms with Gasteiger partial charge in [0.2, 0.25) is 0 Å². The Kier molecular flexibility index (Phi) is 9.31. The van der Waals surface area contributed by atoms with E-state index in [1.54, 1.807) is 0 Å². The average molecular weight is 157 g/mol. The summed E-state index contributed by atoms with van der Waals surface area (Å²) in [5, 5.41) is 8.43. The maximum atomic E-state index is 8.43. The summed E-state index contributed by atoms with van der Waals surface area (Å²) in [6.07, 6.45) is 7.69. The van der Waals surface area contributed by atoms with Crippen LogP contribution in [0.4, 0.5) is 0 Å². The highest BCUT2D eigenvalue weighted by atomic mass is 16.2. The van der Waals surface area contributed by atoms with E-state index in [0.717, 1.165) is 19.4 Å². The highest BCUT2D eigenvalue weighted by Crippen LogP contribution is 1.95. The van der Waals surface area contributed by atoms with Gasteiger partial charge in [0.05, 0.1) is 0 Å². The molecule has 0 aromatic rings. The first-order valence-electron chi connectivity index (χ1n) is 4.51. The minimum absolute atomic E-state index is 0.256. The Morgan fingerprint density at radius 1 is 1.27 bits per heavy atom. The van der Waals surface area contributed by atoms with Gasteiger partial charge in [-0.3, -0.25) is 4.99 Å². The average Bonchev–Trinajstić information content (AvgIpc) is 2.03. The molecule has 0 atom stereocenters. The number of nitrogens with zero attached hydrogens (tertiary/aromatic N) is 1. The van der Waals surface area contributed by atoms with E-state index in [9.17, 15) is 0 Å². The molecule has 0 spiro atoms. The minimum Gasteiger partial charge on any atom is -0.396 e. The molecule has 2 nitrogen and oxygen atoms in total. The Balaban J connectivity index is 2.91. The van der Waals surface area contributed by atoms with E-state index in [0.29, 0.717) is 0 Å². The molecule has 2 heteroatoms. The van der Waals surface area contributed by atoms with Crippen LogP contribution in [-0.2, 0) is 0 Å². The fourth-order valence-corrected chi connectivity index (χ4v) is 0.830. The molecule has 0 radical (unpaired) electrons. The van der Waals surface area contributed by atoms with Crippen molar-refractivity contribution in [1.82, 2.24) is 0 Å². The second-order valence-electron chi connectivity index (χ2n) is 2.66. The van der Waals surface area contributed by atoms with Crippen molar-refractivity contribution in [3.63, 3.8) is 0 Å². The van der Waals surface area contributed by atoms with Gasteiger partial charge < -0.3 is 5.11 Å². The van der Waals surface area contributed by atoms with Crippen LogP contribution < -0.4 is 0 Å². The van der Waals surface area contributed by atoms with Crippen LogP contribution in [0.15, 0.2) is 4.99 Å². The quantitative estimate of drug-likeness (QED) is 0.445. The summed E-state index contributed by atoms with van der Waals surface area (Å²) >= 11 is 0. The van der Waals surface area contributed by atoms with Gasteiger partial charge in [0.15, 0.2) is 0 Å². The van der Waals surface area contributed by atoms with E-state index in [1.165, 1.54) is 19.3 Å². The van der Waals surface area contributed by atoms with Gasteiger partial charge in [-0.15, -0.1) is 0 Å². The SMILES string of the molecule is CCCCC/C=N/CCCO. The summed E-state index contributed by atoms with van der Waals surface area (Å²) in [5.41, 5.74) is 0. The van der Waals surface area contributed by atoms with E-state index < -0.39 is 0 Å². The Morgan fingerprint density at radius 3 is 2.73 bits per heavy atom. The van der Waals surface area contributed by atoms with E-state index in [2.05, 4.69) is 11.9 Å². The normalized spacial score (nSPS) is 11.1. The highest BCUT2D eigenvalue weighted by Gasteiger charge is 1.82. The van der Waals surface area contributed by atoms with Gasteiger partial charge in [0.25, 0.3) is 0 Å². The fraction of sp³-hybridized carbons (Fsp3) is 0.889. The number of hydrogen-bond donors (Lipinski definition) is 1. The third-order valence-corrected chi connectivity index (χ3v) is 1.51. The molecule has 1 N–H and O–H groups in total. The third-order valence-electron chi connectivity index (χ3n) is 1.51. The molecule has 66 valence electrons. The Bertz CT molecular complexity index is 91.6. The predicted octanol–water partition coefficient (Wildman–Crippen LogP) is 2.02. The van der Waals surface area contributed by atoms with Crippen LogP contribution in [0.2, 0.25) is 0 Å². The van der Waals surface area contributed by atoms with Crippen LogP contribution >= 0.6 is 0 Å². The van der Waals surface area contributed by atoms with E-state index in [4.69, 9.17) is 5.11 Å². The number of aliphatic hydroxyl groups excluding tert-OH is 1. The molecule has 0 aliphatic carbocycles. The molecular formula is C9H19NO. The summed E-state index contributed by atoms with van der Waals surface area (Å²) in [6.45, 7) is 3.23. The molecule has 0 aliphatic rings. The molecule has 0 bridgehead atoms. The first kappa shape index (κ1) is 10.6. The molecule has 0 amide bonds. The van der Waals surface area contributed by atoms with E-state index in [-0.39, 0.29) is 6.61 Å². The zero-order chi connectivity index (χ0) is 8.36. The van der Waals surface area contributed by atoms with Gasteiger partial charge in [-0.05, 0) is 25.5 Å². The molecule has 0 rings (SSSR count). The highest BCUT2D eigenvalue weighted by molar-refractivity contribution is 5.56. The summed E-state index contributed by atoms with van der Waals surface area (Å²) in [6, 6.07) is 0. The molecule has 0 saturated carbocycles. The first-order chi connectivity index (χ1) is 5.41. The molecule has 0 unspecified atom stereocenters. The third kappa shape index (κ3) is 9.63.